The summed E-state index contributed by atoms with van der Waals surface area (Å²) in [6.45, 7) is 23.9. The zero-order chi connectivity index (χ0) is 40.1. The van der Waals surface area contributed by atoms with Gasteiger partial charge in [-0.3, -0.25) is 24.0 Å². The highest BCUT2D eigenvalue weighted by Crippen LogP contribution is 2.53. The first-order chi connectivity index (χ1) is 24.3. The molecule has 1 aromatic carbocycles. The molecule has 14 nitrogen and oxygen atoms in total. The Morgan fingerprint density at radius 3 is 2.09 bits per heavy atom. The van der Waals surface area contributed by atoms with E-state index in [2.05, 4.69) is 52.2 Å². The molecule has 4 atom stereocenters. The van der Waals surface area contributed by atoms with Crippen LogP contribution in [0.4, 0.5) is 4.79 Å². The molecule has 0 aliphatic carbocycles. The van der Waals surface area contributed by atoms with Crippen LogP contribution < -0.4 is 21.9 Å². The Kier molecular flexibility index (Phi) is 12.2. The van der Waals surface area contributed by atoms with Crippen molar-refractivity contribution < 1.29 is 35.8 Å². The Balaban J connectivity index is 1.97. The number of carbonyl (C=O) groups excluding carboxylic acids is 2. The maximum atomic E-state index is 13.9. The first-order valence-electron chi connectivity index (χ1n) is 17.9. The Labute approximate surface area is 314 Å². The maximum absolute atomic E-state index is 13.9. The molecule has 3 heterocycles. The number of rotatable bonds is 11. The van der Waals surface area contributed by atoms with Crippen LogP contribution >= 0.6 is 0 Å². The van der Waals surface area contributed by atoms with E-state index in [1.54, 1.807) is 25.1 Å². The topological polar surface area (TPSA) is 173 Å². The molecule has 1 fully saturated rings. The van der Waals surface area contributed by atoms with E-state index in [9.17, 15) is 27.6 Å². The third-order valence-electron chi connectivity index (χ3n) is 11.1. The quantitative estimate of drug-likeness (QED) is 0.221. The van der Waals surface area contributed by atoms with Gasteiger partial charge in [-0.2, -0.15) is 8.42 Å². The standard InChI is InChI=1S/C36H56N4O10SSi2/c1-22(2)53(23(3)4,24(5)6)47-20-28-36(27(21-51(45,46)50-36)37-33(43)38-30(41)26-17-15-14-16-18-26)29(49-52(12,13)35(8,9)10)32(48-28)40-19-25(7)31(42)39(11)34(40)44/h14-19,21-24,28-29,32H,20H2,1-13H3,(H2,37,38,41,43)/t28-,29+,32-,36-/m1/s1. The van der Waals surface area contributed by atoms with Crippen LogP contribution in [0, 0.1) is 6.92 Å². The van der Waals surface area contributed by atoms with E-state index in [1.165, 1.54) is 29.9 Å². The van der Waals surface area contributed by atoms with Gasteiger partial charge < -0.3 is 18.9 Å². The zero-order valence-corrected chi connectivity index (χ0v) is 35.9. The number of imide groups is 1. The summed E-state index contributed by atoms with van der Waals surface area (Å²) in [5, 5.41) is 5.21. The van der Waals surface area contributed by atoms with E-state index >= 15 is 0 Å². The summed E-state index contributed by atoms with van der Waals surface area (Å²) in [6.07, 6.45) is -2.65. The summed E-state index contributed by atoms with van der Waals surface area (Å²) in [6, 6.07) is 7.04. The van der Waals surface area contributed by atoms with Crippen molar-refractivity contribution in [2.75, 3.05) is 6.61 Å². The van der Waals surface area contributed by atoms with Crippen molar-refractivity contribution in [3.05, 3.63) is 79.6 Å². The Morgan fingerprint density at radius 2 is 1.57 bits per heavy atom. The smallest absolute Gasteiger partial charge is 0.332 e. The maximum Gasteiger partial charge on any atom is 0.332 e. The Bertz CT molecular complexity index is 1950. The van der Waals surface area contributed by atoms with Gasteiger partial charge in [0.15, 0.2) is 28.5 Å². The lowest BCUT2D eigenvalue weighted by Crippen LogP contribution is -2.61. The minimum atomic E-state index is -4.53. The summed E-state index contributed by atoms with van der Waals surface area (Å²) in [5.74, 6) is -0.720. The number of urea groups is 1. The van der Waals surface area contributed by atoms with Gasteiger partial charge in [0.25, 0.3) is 21.6 Å². The van der Waals surface area contributed by atoms with Gasteiger partial charge >= 0.3 is 11.7 Å². The predicted octanol–water partition coefficient (Wildman–Crippen LogP) is 5.42. The summed E-state index contributed by atoms with van der Waals surface area (Å²) in [5.41, 5.74) is -2.75. The van der Waals surface area contributed by atoms with Crippen LogP contribution in [0.2, 0.25) is 34.8 Å². The molecule has 1 aromatic heterocycles. The van der Waals surface area contributed by atoms with E-state index in [0.29, 0.717) is 0 Å². The number of aromatic nitrogens is 2. The molecule has 2 N–H and O–H groups in total. The first-order valence-corrected chi connectivity index (χ1v) is 24.5. The van der Waals surface area contributed by atoms with Gasteiger partial charge in [0, 0.05) is 24.4 Å². The van der Waals surface area contributed by atoms with Crippen molar-refractivity contribution in [1.82, 2.24) is 19.8 Å². The number of hydrogen-bond donors (Lipinski definition) is 2. The van der Waals surface area contributed by atoms with Crippen molar-refractivity contribution in [3.63, 3.8) is 0 Å². The number of benzene rings is 1. The highest BCUT2D eigenvalue weighted by atomic mass is 32.2. The van der Waals surface area contributed by atoms with Crippen LogP contribution in [0.25, 0.3) is 0 Å². The minimum Gasteiger partial charge on any atom is -0.413 e. The summed E-state index contributed by atoms with van der Waals surface area (Å²) in [7, 11) is -8.74. The SMILES string of the molecule is Cc1cn([C@@H]2O[C@H](CO[Si](C(C)C)(C(C)C)C(C)C)[C@@]3(OS(=O)(=O)C=C3NC(=O)NC(=O)c3ccccc3)[C@H]2O[Si](C)(C)C(C)(C)C)c(=O)n(C)c1=O. The fourth-order valence-corrected chi connectivity index (χ4v) is 15.4. The van der Waals surface area contributed by atoms with Gasteiger partial charge in [-0.25, -0.2) is 13.8 Å². The van der Waals surface area contributed by atoms with E-state index in [4.69, 9.17) is 17.8 Å². The molecular weight excluding hydrogens is 737 g/mol. The molecule has 2 aliphatic heterocycles. The van der Waals surface area contributed by atoms with Crippen LogP contribution in [0.15, 0.2) is 57.2 Å². The van der Waals surface area contributed by atoms with Gasteiger partial charge in [0.2, 0.25) is 0 Å². The predicted molar refractivity (Wildman–Crippen MR) is 207 cm³/mol. The monoisotopic (exact) mass is 792 g/mol. The van der Waals surface area contributed by atoms with Crippen molar-refractivity contribution in [2.24, 2.45) is 7.05 Å². The number of nitrogens with one attached hydrogen (secondary N) is 2. The van der Waals surface area contributed by atoms with Crippen LogP contribution in [0.5, 0.6) is 0 Å². The van der Waals surface area contributed by atoms with Gasteiger partial charge in [-0.05, 0) is 53.8 Å². The lowest BCUT2D eigenvalue weighted by molar-refractivity contribution is -0.0576. The van der Waals surface area contributed by atoms with Crippen LogP contribution in [-0.4, -0.2) is 70.5 Å². The summed E-state index contributed by atoms with van der Waals surface area (Å²) in [4.78, 5) is 53.3. The fraction of sp³-hybridized carbons (Fsp3) is 0.611. The Morgan fingerprint density at radius 1 is 1.00 bits per heavy atom. The lowest BCUT2D eigenvalue weighted by Gasteiger charge is -2.45. The highest BCUT2D eigenvalue weighted by molar-refractivity contribution is 7.90. The molecule has 3 amide bonds. The third kappa shape index (κ3) is 7.97. The number of aryl methyl sites for hydroxylation is 1. The van der Waals surface area contributed by atoms with E-state index in [1.807, 2.05) is 33.9 Å². The van der Waals surface area contributed by atoms with E-state index in [0.717, 1.165) is 9.98 Å². The number of carbonyl (C=O) groups is 2. The number of nitrogens with zero attached hydrogens (tertiary/aromatic N) is 2. The number of ether oxygens (including phenoxy) is 1. The molecule has 2 aromatic rings. The van der Waals surface area contributed by atoms with E-state index < -0.39 is 79.0 Å². The lowest BCUT2D eigenvalue weighted by atomic mass is 9.89. The molecule has 17 heteroatoms. The van der Waals surface area contributed by atoms with Crippen LogP contribution in [-0.2, 0) is 34.9 Å². The van der Waals surface area contributed by atoms with Gasteiger partial charge in [-0.15, -0.1) is 0 Å². The molecule has 294 valence electrons. The second-order valence-corrected chi connectivity index (χ2v) is 28.1. The highest BCUT2D eigenvalue weighted by Gasteiger charge is 2.68. The van der Waals surface area contributed by atoms with Gasteiger partial charge in [0.1, 0.15) is 12.2 Å². The zero-order valence-electron chi connectivity index (χ0n) is 33.1. The average Bonchev–Trinajstić information content (AvgIpc) is 3.48. The Hall–Kier alpha value is -3.20. The molecule has 0 unspecified atom stereocenters. The fourth-order valence-electron chi connectivity index (χ4n) is 7.47. The number of hydrogen-bond acceptors (Lipinski definition) is 10. The molecule has 0 saturated carbocycles. The van der Waals surface area contributed by atoms with Crippen LogP contribution in [0.3, 0.4) is 0 Å². The molecule has 1 saturated heterocycles. The molecule has 4 rings (SSSR count). The molecule has 53 heavy (non-hydrogen) atoms. The second kappa shape index (κ2) is 15.1. The summed E-state index contributed by atoms with van der Waals surface area (Å²) >= 11 is 0. The van der Waals surface area contributed by atoms with E-state index in [-0.39, 0.29) is 40.1 Å². The van der Waals surface area contributed by atoms with Crippen molar-refractivity contribution >= 4 is 38.7 Å². The van der Waals surface area contributed by atoms with Crippen molar-refractivity contribution in [3.8, 4) is 0 Å². The first kappa shape index (κ1) is 42.5. The van der Waals surface area contributed by atoms with Crippen LogP contribution in [0.1, 0.15) is 84.5 Å². The molecule has 2 aliphatic rings. The largest absolute Gasteiger partial charge is 0.413 e. The molecule has 0 bridgehead atoms. The number of amides is 3. The molecular formula is C36H56N4O10SSi2. The molecule has 0 radical (unpaired) electrons. The second-order valence-electron chi connectivity index (χ2n) is 16.5. The van der Waals surface area contributed by atoms with Crippen molar-refractivity contribution in [1.29, 1.82) is 0 Å². The average molecular weight is 793 g/mol. The van der Waals surface area contributed by atoms with Gasteiger partial charge in [-0.1, -0.05) is 80.5 Å². The van der Waals surface area contributed by atoms with Gasteiger partial charge in [0.05, 0.1) is 17.7 Å². The van der Waals surface area contributed by atoms with Crippen molar-refractivity contribution in [2.45, 2.75) is 128 Å². The normalized spacial score (nSPS) is 23.2. The molecule has 1 spiro atoms. The summed E-state index contributed by atoms with van der Waals surface area (Å²) < 4.78 is 56.4. The third-order valence-corrected chi connectivity index (χ3v) is 22.7. The minimum absolute atomic E-state index is 0.139.